The van der Waals surface area contributed by atoms with Crippen LogP contribution < -0.4 is 4.72 Å². The highest BCUT2D eigenvalue weighted by molar-refractivity contribution is 7.90. The van der Waals surface area contributed by atoms with Gasteiger partial charge in [0.15, 0.2) is 0 Å². The molecule has 3 aromatic rings. The second-order valence-corrected chi connectivity index (χ2v) is 8.61. The lowest BCUT2D eigenvalue weighted by molar-refractivity contribution is -0.122. The Morgan fingerprint density at radius 2 is 1.85 bits per heavy atom. The SMILES string of the molecule is C[C@@H](C(=O)NS(=O)(=O)c1ccc2c(c1)CCCC2)n1cnc2ccccc21. The molecule has 7 heteroatoms. The molecule has 0 spiro atoms. The molecule has 0 unspecified atom stereocenters. The summed E-state index contributed by atoms with van der Waals surface area (Å²) >= 11 is 0. The van der Waals surface area contributed by atoms with Gasteiger partial charge in [-0.3, -0.25) is 4.79 Å². The Bertz CT molecular complexity index is 1120. The summed E-state index contributed by atoms with van der Waals surface area (Å²) in [7, 11) is -3.92. The first-order chi connectivity index (χ1) is 13.0. The number of carbonyl (C=O) groups is 1. The number of sulfonamides is 1. The Kier molecular flexibility index (Phi) is 4.47. The monoisotopic (exact) mass is 383 g/mol. The highest BCUT2D eigenvalue weighted by atomic mass is 32.2. The first kappa shape index (κ1) is 17.7. The van der Waals surface area contributed by atoms with Crippen LogP contribution in [0.3, 0.4) is 0 Å². The second-order valence-electron chi connectivity index (χ2n) is 6.92. The molecule has 1 atom stereocenters. The topological polar surface area (TPSA) is 81.1 Å². The minimum absolute atomic E-state index is 0.138. The second kappa shape index (κ2) is 6.81. The summed E-state index contributed by atoms with van der Waals surface area (Å²) in [5.41, 5.74) is 3.80. The first-order valence-electron chi connectivity index (χ1n) is 9.06. The number of amides is 1. The van der Waals surface area contributed by atoms with Gasteiger partial charge in [0.2, 0.25) is 0 Å². The maximum Gasteiger partial charge on any atom is 0.264 e. The molecule has 2 aromatic carbocycles. The van der Waals surface area contributed by atoms with Crippen molar-refractivity contribution in [1.82, 2.24) is 14.3 Å². The Hall–Kier alpha value is -2.67. The molecule has 27 heavy (non-hydrogen) atoms. The van der Waals surface area contributed by atoms with Crippen LogP contribution in [-0.4, -0.2) is 23.9 Å². The van der Waals surface area contributed by atoms with Crippen molar-refractivity contribution in [3.05, 3.63) is 59.9 Å². The van der Waals surface area contributed by atoms with Crippen molar-refractivity contribution in [2.24, 2.45) is 0 Å². The Labute approximate surface area is 158 Å². The van der Waals surface area contributed by atoms with Gasteiger partial charge in [-0.05, 0) is 68.0 Å². The number of nitrogens with one attached hydrogen (secondary N) is 1. The summed E-state index contributed by atoms with van der Waals surface area (Å²) in [6.07, 6.45) is 5.61. The van der Waals surface area contributed by atoms with Crippen LogP contribution in [0.1, 0.15) is 36.9 Å². The van der Waals surface area contributed by atoms with E-state index in [1.807, 2.05) is 30.3 Å². The van der Waals surface area contributed by atoms with Gasteiger partial charge in [-0.2, -0.15) is 0 Å². The Morgan fingerprint density at radius 3 is 2.67 bits per heavy atom. The lowest BCUT2D eigenvalue weighted by Crippen LogP contribution is -2.35. The number of hydrogen-bond donors (Lipinski definition) is 1. The van der Waals surface area contributed by atoms with Crippen molar-refractivity contribution in [3.8, 4) is 0 Å². The molecule has 4 rings (SSSR count). The van der Waals surface area contributed by atoms with E-state index >= 15 is 0 Å². The van der Waals surface area contributed by atoms with Crippen molar-refractivity contribution in [1.29, 1.82) is 0 Å². The maximum atomic E-state index is 12.7. The van der Waals surface area contributed by atoms with Crippen LogP contribution in [0.2, 0.25) is 0 Å². The number of nitrogens with zero attached hydrogens (tertiary/aromatic N) is 2. The first-order valence-corrected chi connectivity index (χ1v) is 10.5. The molecular formula is C20H21N3O3S. The standard InChI is InChI=1S/C20H21N3O3S/c1-14(23-13-21-18-8-4-5-9-19(18)23)20(24)22-27(25,26)17-11-10-15-6-2-3-7-16(15)12-17/h4-5,8-14H,2-3,6-7H2,1H3,(H,22,24)/t14-/m0/s1. The third kappa shape index (κ3) is 3.35. The average molecular weight is 383 g/mol. The number of fused-ring (bicyclic) bond motifs is 2. The molecule has 1 N–H and O–H groups in total. The fourth-order valence-corrected chi connectivity index (χ4v) is 4.66. The van der Waals surface area contributed by atoms with Gasteiger partial charge in [-0.1, -0.05) is 18.2 Å². The van der Waals surface area contributed by atoms with E-state index in [0.29, 0.717) is 0 Å². The van der Waals surface area contributed by atoms with Crippen molar-refractivity contribution >= 4 is 27.0 Å². The van der Waals surface area contributed by atoms with Crippen molar-refractivity contribution in [2.45, 2.75) is 43.5 Å². The van der Waals surface area contributed by atoms with Gasteiger partial charge in [0, 0.05) is 0 Å². The zero-order chi connectivity index (χ0) is 19.0. The molecule has 0 radical (unpaired) electrons. The molecule has 0 bridgehead atoms. The number of imidazole rings is 1. The molecule has 0 fully saturated rings. The van der Waals surface area contributed by atoms with E-state index in [0.717, 1.165) is 42.3 Å². The minimum atomic E-state index is -3.92. The van der Waals surface area contributed by atoms with E-state index < -0.39 is 22.0 Å². The minimum Gasteiger partial charge on any atom is -0.318 e. The average Bonchev–Trinajstić information content (AvgIpc) is 3.10. The van der Waals surface area contributed by atoms with Crippen LogP contribution in [0.5, 0.6) is 0 Å². The van der Waals surface area contributed by atoms with E-state index in [-0.39, 0.29) is 4.90 Å². The normalized spacial score (nSPS) is 15.3. The Balaban J connectivity index is 1.58. The van der Waals surface area contributed by atoms with E-state index in [4.69, 9.17) is 0 Å². The fourth-order valence-electron chi connectivity index (χ4n) is 3.57. The lowest BCUT2D eigenvalue weighted by atomic mass is 9.92. The van der Waals surface area contributed by atoms with Gasteiger partial charge >= 0.3 is 0 Å². The number of hydrogen-bond acceptors (Lipinski definition) is 4. The van der Waals surface area contributed by atoms with E-state index in [1.54, 1.807) is 30.0 Å². The van der Waals surface area contributed by atoms with Gasteiger partial charge < -0.3 is 4.57 Å². The highest BCUT2D eigenvalue weighted by Crippen LogP contribution is 2.24. The van der Waals surface area contributed by atoms with Crippen molar-refractivity contribution < 1.29 is 13.2 Å². The molecule has 1 aliphatic rings. The molecule has 0 saturated carbocycles. The van der Waals surface area contributed by atoms with E-state index in [9.17, 15) is 13.2 Å². The summed E-state index contributed by atoms with van der Waals surface area (Å²) in [5.74, 6) is -0.587. The molecule has 1 aliphatic carbocycles. The molecule has 1 amide bonds. The highest BCUT2D eigenvalue weighted by Gasteiger charge is 2.24. The lowest BCUT2D eigenvalue weighted by Gasteiger charge is -2.18. The van der Waals surface area contributed by atoms with Crippen LogP contribution >= 0.6 is 0 Å². The molecule has 1 heterocycles. The molecule has 6 nitrogen and oxygen atoms in total. The number of aryl methyl sites for hydroxylation is 2. The van der Waals surface area contributed by atoms with Crippen molar-refractivity contribution in [3.63, 3.8) is 0 Å². The zero-order valence-corrected chi connectivity index (χ0v) is 15.9. The number of aromatic nitrogens is 2. The van der Waals surface area contributed by atoms with Gasteiger partial charge in [-0.15, -0.1) is 0 Å². The third-order valence-corrected chi connectivity index (χ3v) is 6.49. The van der Waals surface area contributed by atoms with Crippen molar-refractivity contribution in [2.75, 3.05) is 0 Å². The van der Waals surface area contributed by atoms with Crippen LogP contribution in [0.15, 0.2) is 53.7 Å². The predicted octanol–water partition coefficient (Wildman–Crippen LogP) is 2.98. The molecule has 0 saturated heterocycles. The molecule has 140 valence electrons. The van der Waals surface area contributed by atoms with Crippen LogP contribution in [0.25, 0.3) is 11.0 Å². The largest absolute Gasteiger partial charge is 0.318 e. The number of para-hydroxylation sites is 2. The van der Waals surface area contributed by atoms with E-state index in [2.05, 4.69) is 9.71 Å². The van der Waals surface area contributed by atoms with Crippen LogP contribution in [-0.2, 0) is 27.7 Å². The molecule has 0 aliphatic heterocycles. The summed E-state index contributed by atoms with van der Waals surface area (Å²) in [5, 5.41) is 0. The molecular weight excluding hydrogens is 362 g/mol. The summed E-state index contributed by atoms with van der Waals surface area (Å²) < 4.78 is 29.3. The van der Waals surface area contributed by atoms with Gasteiger partial charge in [-0.25, -0.2) is 18.1 Å². The fraction of sp³-hybridized carbons (Fsp3) is 0.300. The van der Waals surface area contributed by atoms with Gasteiger partial charge in [0.25, 0.3) is 15.9 Å². The molecule has 1 aromatic heterocycles. The summed E-state index contributed by atoms with van der Waals surface area (Å²) in [6, 6.07) is 11.9. The van der Waals surface area contributed by atoms with Crippen LogP contribution in [0, 0.1) is 0 Å². The number of rotatable bonds is 4. The third-order valence-electron chi connectivity index (χ3n) is 5.14. The van der Waals surface area contributed by atoms with Gasteiger partial charge in [0.1, 0.15) is 6.04 Å². The number of benzene rings is 2. The van der Waals surface area contributed by atoms with Crippen LogP contribution in [0.4, 0.5) is 0 Å². The summed E-state index contributed by atoms with van der Waals surface area (Å²) in [6.45, 7) is 1.66. The Morgan fingerprint density at radius 1 is 1.11 bits per heavy atom. The van der Waals surface area contributed by atoms with E-state index in [1.165, 1.54) is 5.56 Å². The quantitative estimate of drug-likeness (QED) is 0.751. The summed E-state index contributed by atoms with van der Waals surface area (Å²) in [4.78, 5) is 17.0. The zero-order valence-electron chi connectivity index (χ0n) is 15.1. The predicted molar refractivity (Wildman–Crippen MR) is 103 cm³/mol. The number of carbonyl (C=O) groups excluding carboxylic acids is 1. The van der Waals surface area contributed by atoms with Gasteiger partial charge in [0.05, 0.1) is 22.3 Å². The smallest absolute Gasteiger partial charge is 0.264 e. The maximum absolute atomic E-state index is 12.7.